The molecule has 1 aliphatic heterocycles. The Morgan fingerprint density at radius 2 is 2.00 bits per heavy atom. The number of urea groups is 1. The van der Waals surface area contributed by atoms with Gasteiger partial charge in [-0.15, -0.1) is 0 Å². The third kappa shape index (κ3) is 1.26. The lowest BCUT2D eigenvalue weighted by atomic mass is 10.1. The molecule has 2 aliphatic rings. The van der Waals surface area contributed by atoms with E-state index >= 15 is 0 Å². The van der Waals surface area contributed by atoms with Crippen LogP contribution in [0.1, 0.15) is 19.3 Å². The maximum absolute atomic E-state index is 11.9. The Hall–Kier alpha value is -1.71. The zero-order valence-electron chi connectivity index (χ0n) is 8.94. The van der Waals surface area contributed by atoms with E-state index in [-0.39, 0.29) is 17.3 Å². The van der Waals surface area contributed by atoms with E-state index in [0.717, 1.165) is 25.8 Å². The molecule has 2 N–H and O–H groups in total. The number of nitrogens with one attached hydrogen (secondary N) is 1. The second-order valence-electron chi connectivity index (χ2n) is 4.53. The molecule has 2 amide bonds. The van der Waals surface area contributed by atoms with Gasteiger partial charge in [0.25, 0.3) is 0 Å². The summed E-state index contributed by atoms with van der Waals surface area (Å²) in [7, 11) is 0. The first-order valence-electron chi connectivity index (χ1n) is 5.59. The summed E-state index contributed by atoms with van der Waals surface area (Å²) in [4.78, 5) is 13.6. The number of aromatic hydroxyl groups is 1. The first kappa shape index (κ1) is 9.51. The van der Waals surface area contributed by atoms with Crippen molar-refractivity contribution in [2.45, 2.75) is 24.8 Å². The van der Waals surface area contributed by atoms with Gasteiger partial charge in [-0.3, -0.25) is 4.90 Å². The molecule has 0 radical (unpaired) electrons. The number of nitrogens with zero attached hydrogens (tertiary/aromatic N) is 1. The monoisotopic (exact) mass is 218 g/mol. The first-order chi connectivity index (χ1) is 7.73. The van der Waals surface area contributed by atoms with Crippen molar-refractivity contribution in [3.05, 3.63) is 24.3 Å². The van der Waals surface area contributed by atoms with Gasteiger partial charge >= 0.3 is 6.03 Å². The van der Waals surface area contributed by atoms with Crippen LogP contribution in [0.2, 0.25) is 0 Å². The van der Waals surface area contributed by atoms with Crippen molar-refractivity contribution in [1.82, 2.24) is 5.32 Å². The molecule has 0 unspecified atom stereocenters. The lowest BCUT2D eigenvalue weighted by Crippen LogP contribution is -2.54. The van der Waals surface area contributed by atoms with E-state index in [1.807, 2.05) is 6.07 Å². The summed E-state index contributed by atoms with van der Waals surface area (Å²) in [6, 6.07) is 6.92. The highest BCUT2D eigenvalue weighted by atomic mass is 16.3. The lowest BCUT2D eigenvalue weighted by molar-refractivity contribution is 0.236. The van der Waals surface area contributed by atoms with Crippen LogP contribution in [-0.4, -0.2) is 23.2 Å². The van der Waals surface area contributed by atoms with E-state index < -0.39 is 0 Å². The van der Waals surface area contributed by atoms with Crippen molar-refractivity contribution in [1.29, 1.82) is 0 Å². The predicted octanol–water partition coefficient (Wildman–Crippen LogP) is 1.84. The fourth-order valence-corrected chi connectivity index (χ4v) is 2.44. The van der Waals surface area contributed by atoms with Crippen LogP contribution in [0.3, 0.4) is 0 Å². The molecule has 1 aromatic carbocycles. The summed E-state index contributed by atoms with van der Waals surface area (Å²) in [5.74, 6) is 0.172. The smallest absolute Gasteiger partial charge is 0.322 e. The molecule has 16 heavy (non-hydrogen) atoms. The van der Waals surface area contributed by atoms with Gasteiger partial charge in [0.1, 0.15) is 5.75 Å². The lowest BCUT2D eigenvalue weighted by Gasteiger charge is -2.36. The molecular formula is C12H14N2O2. The molecule has 1 aliphatic carbocycles. The van der Waals surface area contributed by atoms with Crippen molar-refractivity contribution in [3.63, 3.8) is 0 Å². The second-order valence-corrected chi connectivity index (χ2v) is 4.53. The molecule has 1 saturated carbocycles. The Bertz CT molecular complexity index is 440. The Kier molecular flexibility index (Phi) is 1.87. The van der Waals surface area contributed by atoms with Gasteiger partial charge in [-0.2, -0.15) is 0 Å². The average Bonchev–Trinajstić information content (AvgIpc) is 3.01. The number of anilines is 1. The van der Waals surface area contributed by atoms with E-state index in [4.69, 9.17) is 0 Å². The number of amides is 2. The number of carbonyl (C=O) groups is 1. The summed E-state index contributed by atoms with van der Waals surface area (Å²) >= 11 is 0. The van der Waals surface area contributed by atoms with E-state index in [2.05, 4.69) is 5.32 Å². The van der Waals surface area contributed by atoms with Gasteiger partial charge in [0.2, 0.25) is 0 Å². The highest BCUT2D eigenvalue weighted by molar-refractivity contribution is 5.96. The molecule has 84 valence electrons. The van der Waals surface area contributed by atoms with Gasteiger partial charge in [0.05, 0.1) is 11.2 Å². The van der Waals surface area contributed by atoms with Crippen LogP contribution in [0, 0.1) is 0 Å². The topological polar surface area (TPSA) is 52.6 Å². The molecule has 1 saturated heterocycles. The van der Waals surface area contributed by atoms with Crippen molar-refractivity contribution in [2.75, 3.05) is 11.4 Å². The van der Waals surface area contributed by atoms with Crippen LogP contribution in [0.25, 0.3) is 0 Å². The molecule has 4 heteroatoms. The summed E-state index contributed by atoms with van der Waals surface area (Å²) in [6.07, 6.45) is 3.04. The quantitative estimate of drug-likeness (QED) is 0.755. The molecule has 0 aromatic heterocycles. The van der Waals surface area contributed by atoms with E-state index in [1.54, 1.807) is 23.1 Å². The maximum atomic E-state index is 11.9. The summed E-state index contributed by atoms with van der Waals surface area (Å²) in [6.45, 7) is 0.739. The zero-order valence-corrected chi connectivity index (χ0v) is 8.94. The van der Waals surface area contributed by atoms with Crippen molar-refractivity contribution >= 4 is 11.7 Å². The SMILES string of the molecule is O=C1NCCC2(CC2)N1c1ccccc1O. The molecule has 0 bridgehead atoms. The van der Waals surface area contributed by atoms with E-state index in [1.165, 1.54) is 0 Å². The molecule has 1 heterocycles. The van der Waals surface area contributed by atoms with Crippen LogP contribution < -0.4 is 10.2 Å². The highest BCUT2D eigenvalue weighted by Gasteiger charge is 2.53. The fraction of sp³-hybridized carbons (Fsp3) is 0.417. The van der Waals surface area contributed by atoms with Crippen LogP contribution in [-0.2, 0) is 0 Å². The Morgan fingerprint density at radius 1 is 1.25 bits per heavy atom. The molecule has 0 atom stereocenters. The largest absolute Gasteiger partial charge is 0.506 e. The van der Waals surface area contributed by atoms with Crippen LogP contribution >= 0.6 is 0 Å². The Labute approximate surface area is 93.9 Å². The Morgan fingerprint density at radius 3 is 2.69 bits per heavy atom. The number of hydrogen-bond acceptors (Lipinski definition) is 2. The molecule has 4 nitrogen and oxygen atoms in total. The van der Waals surface area contributed by atoms with Crippen LogP contribution in [0.4, 0.5) is 10.5 Å². The number of rotatable bonds is 1. The van der Waals surface area contributed by atoms with Gasteiger partial charge in [0.15, 0.2) is 0 Å². The molecule has 2 fully saturated rings. The van der Waals surface area contributed by atoms with Gasteiger partial charge < -0.3 is 10.4 Å². The standard InChI is InChI=1S/C12H14N2O2/c15-10-4-2-1-3-9(10)14-11(16)13-8-7-12(14)5-6-12/h1-4,15H,5-8H2,(H,13,16). The fourth-order valence-electron chi connectivity index (χ4n) is 2.44. The van der Waals surface area contributed by atoms with Crippen LogP contribution in [0.15, 0.2) is 24.3 Å². The first-order valence-corrected chi connectivity index (χ1v) is 5.59. The Balaban J connectivity index is 2.04. The van der Waals surface area contributed by atoms with Crippen molar-refractivity contribution in [2.24, 2.45) is 0 Å². The number of phenols is 1. The number of phenolic OH excluding ortho intramolecular Hbond substituents is 1. The minimum atomic E-state index is -0.0924. The second kappa shape index (κ2) is 3.14. The van der Waals surface area contributed by atoms with Crippen molar-refractivity contribution < 1.29 is 9.90 Å². The number of carbonyl (C=O) groups excluding carboxylic acids is 1. The minimum absolute atomic E-state index is 0.0266. The zero-order chi connectivity index (χ0) is 11.2. The molecule has 3 rings (SSSR count). The van der Waals surface area contributed by atoms with E-state index in [0.29, 0.717) is 5.69 Å². The summed E-state index contributed by atoms with van der Waals surface area (Å²) in [5, 5.41) is 12.6. The predicted molar refractivity (Wildman–Crippen MR) is 60.6 cm³/mol. The normalized spacial score (nSPS) is 22.0. The molecule has 1 spiro atoms. The number of para-hydroxylation sites is 2. The van der Waals surface area contributed by atoms with Crippen molar-refractivity contribution in [3.8, 4) is 5.75 Å². The van der Waals surface area contributed by atoms with Crippen LogP contribution in [0.5, 0.6) is 5.75 Å². The maximum Gasteiger partial charge on any atom is 0.322 e. The number of benzene rings is 1. The molecule has 1 aromatic rings. The van der Waals surface area contributed by atoms with Gasteiger partial charge in [-0.25, -0.2) is 4.79 Å². The molecular weight excluding hydrogens is 204 g/mol. The average molecular weight is 218 g/mol. The third-order valence-electron chi connectivity index (χ3n) is 3.49. The van der Waals surface area contributed by atoms with Gasteiger partial charge in [-0.1, -0.05) is 12.1 Å². The summed E-state index contributed by atoms with van der Waals surface area (Å²) in [5.41, 5.74) is 0.596. The number of hydrogen-bond donors (Lipinski definition) is 2. The van der Waals surface area contributed by atoms with Gasteiger partial charge in [-0.05, 0) is 31.4 Å². The van der Waals surface area contributed by atoms with Gasteiger partial charge in [0, 0.05) is 6.54 Å². The van der Waals surface area contributed by atoms with E-state index in [9.17, 15) is 9.90 Å². The third-order valence-corrected chi connectivity index (χ3v) is 3.49. The summed E-state index contributed by atoms with van der Waals surface area (Å²) < 4.78 is 0. The minimum Gasteiger partial charge on any atom is -0.506 e. The highest BCUT2D eigenvalue weighted by Crippen LogP contribution is 2.49.